The predicted octanol–water partition coefficient (Wildman–Crippen LogP) is 4.26. The van der Waals surface area contributed by atoms with Gasteiger partial charge in [0.15, 0.2) is 0 Å². The van der Waals surface area contributed by atoms with Crippen molar-refractivity contribution in [1.82, 2.24) is 4.90 Å². The highest BCUT2D eigenvalue weighted by molar-refractivity contribution is 6.30. The number of aliphatic hydroxyl groups is 1. The minimum Gasteiger partial charge on any atom is -0.491 e. The van der Waals surface area contributed by atoms with Crippen molar-refractivity contribution in [2.24, 2.45) is 0 Å². The van der Waals surface area contributed by atoms with E-state index in [0.29, 0.717) is 10.7 Å². The van der Waals surface area contributed by atoms with E-state index in [0.717, 1.165) is 12.1 Å². The molecular formula is C18H18ClF3N2O3. The van der Waals surface area contributed by atoms with Crippen LogP contribution in [0.25, 0.3) is 0 Å². The van der Waals surface area contributed by atoms with E-state index in [2.05, 4.69) is 5.32 Å². The van der Waals surface area contributed by atoms with Crippen LogP contribution in [0.2, 0.25) is 5.02 Å². The minimum atomic E-state index is -4.42. The van der Waals surface area contributed by atoms with Crippen molar-refractivity contribution in [2.45, 2.75) is 12.3 Å². The molecule has 0 aliphatic rings. The Balaban J connectivity index is 1.80. The van der Waals surface area contributed by atoms with Gasteiger partial charge in [-0.1, -0.05) is 17.7 Å². The second-order valence-electron chi connectivity index (χ2n) is 5.81. The topological polar surface area (TPSA) is 61.8 Å². The number of rotatable bonds is 6. The Bertz CT molecular complexity index is 769. The van der Waals surface area contributed by atoms with Crippen LogP contribution in [0.1, 0.15) is 5.56 Å². The van der Waals surface area contributed by atoms with Gasteiger partial charge in [-0.05, 0) is 42.5 Å². The standard InChI is InChI=1S/C18H18ClF3N2O3/c1-24(17(26)23-14-4-2-3-13(19)9-14)10-15(25)11-27-16-7-5-12(6-8-16)18(20,21)22/h2-9,15,25H,10-11H2,1H3,(H,23,26)/t15-/m1/s1. The number of nitrogens with one attached hydrogen (secondary N) is 1. The largest absolute Gasteiger partial charge is 0.491 e. The fraction of sp³-hybridized carbons (Fsp3) is 0.278. The Morgan fingerprint density at radius 2 is 1.93 bits per heavy atom. The summed E-state index contributed by atoms with van der Waals surface area (Å²) in [5.41, 5.74) is -0.275. The number of aliphatic hydroxyl groups excluding tert-OH is 1. The first-order valence-electron chi connectivity index (χ1n) is 7.91. The number of hydrogen-bond acceptors (Lipinski definition) is 3. The molecule has 2 aromatic carbocycles. The van der Waals surface area contributed by atoms with Crippen LogP contribution >= 0.6 is 11.6 Å². The highest BCUT2D eigenvalue weighted by Crippen LogP contribution is 2.30. The molecule has 0 aliphatic carbocycles. The molecule has 2 amide bonds. The molecule has 9 heteroatoms. The van der Waals surface area contributed by atoms with Crippen LogP contribution in [-0.2, 0) is 6.18 Å². The van der Waals surface area contributed by atoms with E-state index in [1.807, 2.05) is 0 Å². The van der Waals surface area contributed by atoms with Crippen LogP contribution in [0.5, 0.6) is 5.75 Å². The van der Waals surface area contributed by atoms with Gasteiger partial charge in [0.2, 0.25) is 0 Å². The van der Waals surface area contributed by atoms with E-state index in [4.69, 9.17) is 16.3 Å². The lowest BCUT2D eigenvalue weighted by Crippen LogP contribution is -2.39. The van der Waals surface area contributed by atoms with E-state index in [-0.39, 0.29) is 18.9 Å². The lowest BCUT2D eigenvalue weighted by atomic mass is 10.2. The van der Waals surface area contributed by atoms with Crippen LogP contribution in [0.3, 0.4) is 0 Å². The van der Waals surface area contributed by atoms with Crippen LogP contribution in [0.4, 0.5) is 23.7 Å². The van der Waals surface area contributed by atoms with Crippen molar-refractivity contribution in [3.8, 4) is 5.75 Å². The molecule has 0 fully saturated rings. The number of anilines is 1. The molecule has 146 valence electrons. The van der Waals surface area contributed by atoms with Gasteiger partial charge in [-0.15, -0.1) is 0 Å². The highest BCUT2D eigenvalue weighted by atomic mass is 35.5. The first-order chi connectivity index (χ1) is 12.6. The number of alkyl halides is 3. The molecule has 0 aliphatic heterocycles. The molecule has 2 aromatic rings. The first kappa shape index (κ1) is 20.9. The van der Waals surface area contributed by atoms with Gasteiger partial charge in [0.25, 0.3) is 0 Å². The lowest BCUT2D eigenvalue weighted by Gasteiger charge is -2.21. The van der Waals surface area contributed by atoms with Gasteiger partial charge in [0.05, 0.1) is 12.1 Å². The summed E-state index contributed by atoms with van der Waals surface area (Å²) in [6.45, 7) is -0.215. The Hall–Kier alpha value is -2.45. The van der Waals surface area contributed by atoms with Gasteiger partial charge in [-0.25, -0.2) is 4.79 Å². The number of carbonyl (C=O) groups is 1. The lowest BCUT2D eigenvalue weighted by molar-refractivity contribution is -0.137. The quantitative estimate of drug-likeness (QED) is 0.758. The Labute approximate surface area is 159 Å². The third-order valence-electron chi connectivity index (χ3n) is 3.53. The Morgan fingerprint density at radius 3 is 2.52 bits per heavy atom. The summed E-state index contributed by atoms with van der Waals surface area (Å²) in [5, 5.41) is 13.1. The summed E-state index contributed by atoms with van der Waals surface area (Å²) in [5.74, 6) is 0.188. The zero-order chi connectivity index (χ0) is 20.0. The van der Waals surface area contributed by atoms with Crippen LogP contribution < -0.4 is 10.1 Å². The maximum atomic E-state index is 12.5. The van der Waals surface area contributed by atoms with E-state index < -0.39 is 23.9 Å². The number of nitrogens with zero attached hydrogens (tertiary/aromatic N) is 1. The van der Waals surface area contributed by atoms with Crippen molar-refractivity contribution < 1.29 is 27.8 Å². The summed E-state index contributed by atoms with van der Waals surface area (Å²) in [7, 11) is 1.49. The van der Waals surface area contributed by atoms with Crippen molar-refractivity contribution in [3.05, 3.63) is 59.1 Å². The number of hydrogen-bond donors (Lipinski definition) is 2. The normalized spacial score (nSPS) is 12.4. The third kappa shape index (κ3) is 6.65. The number of benzene rings is 2. The number of halogens is 4. The van der Waals surface area contributed by atoms with E-state index in [1.54, 1.807) is 24.3 Å². The fourth-order valence-corrected chi connectivity index (χ4v) is 2.36. The van der Waals surface area contributed by atoms with Crippen molar-refractivity contribution >= 4 is 23.3 Å². The molecular weight excluding hydrogens is 385 g/mol. The fourth-order valence-electron chi connectivity index (χ4n) is 2.17. The molecule has 1 atom stereocenters. The monoisotopic (exact) mass is 402 g/mol. The number of likely N-dealkylation sites (N-methyl/N-ethyl adjacent to an activating group) is 1. The third-order valence-corrected chi connectivity index (χ3v) is 3.77. The molecule has 2 N–H and O–H groups in total. The molecule has 0 saturated heterocycles. The summed E-state index contributed by atoms with van der Waals surface area (Å²) in [6.07, 6.45) is -5.45. The average Bonchev–Trinajstić information content (AvgIpc) is 2.59. The smallest absolute Gasteiger partial charge is 0.416 e. The summed E-state index contributed by atoms with van der Waals surface area (Å²) < 4.78 is 42.8. The number of amides is 2. The van der Waals surface area contributed by atoms with Crippen LogP contribution in [0, 0.1) is 0 Å². The molecule has 0 spiro atoms. The number of ether oxygens (including phenoxy) is 1. The second kappa shape index (κ2) is 8.96. The maximum Gasteiger partial charge on any atom is 0.416 e. The van der Waals surface area contributed by atoms with Crippen LogP contribution in [-0.4, -0.2) is 42.3 Å². The van der Waals surface area contributed by atoms with Gasteiger partial charge in [-0.3, -0.25) is 0 Å². The minimum absolute atomic E-state index is 0.0347. The van der Waals surface area contributed by atoms with Crippen molar-refractivity contribution in [1.29, 1.82) is 0 Å². The average molecular weight is 403 g/mol. The van der Waals surface area contributed by atoms with Gasteiger partial charge in [0.1, 0.15) is 18.5 Å². The Kier molecular flexibility index (Phi) is 6.92. The molecule has 0 heterocycles. The van der Waals surface area contributed by atoms with Crippen molar-refractivity contribution in [3.63, 3.8) is 0 Å². The molecule has 0 saturated carbocycles. The molecule has 27 heavy (non-hydrogen) atoms. The second-order valence-corrected chi connectivity index (χ2v) is 6.24. The molecule has 0 unspecified atom stereocenters. The molecule has 2 rings (SSSR count). The highest BCUT2D eigenvalue weighted by Gasteiger charge is 2.30. The molecule has 0 radical (unpaired) electrons. The van der Waals surface area contributed by atoms with Gasteiger partial charge in [-0.2, -0.15) is 13.2 Å². The first-order valence-corrected chi connectivity index (χ1v) is 8.29. The predicted molar refractivity (Wildman–Crippen MR) is 96.0 cm³/mol. The van der Waals surface area contributed by atoms with E-state index in [1.165, 1.54) is 24.1 Å². The maximum absolute atomic E-state index is 12.5. The summed E-state index contributed by atoms with van der Waals surface area (Å²) >= 11 is 5.84. The van der Waals surface area contributed by atoms with Gasteiger partial charge in [0, 0.05) is 17.8 Å². The number of urea groups is 1. The van der Waals surface area contributed by atoms with E-state index >= 15 is 0 Å². The van der Waals surface area contributed by atoms with Gasteiger partial charge < -0.3 is 20.1 Å². The molecule has 0 bridgehead atoms. The molecule has 5 nitrogen and oxygen atoms in total. The van der Waals surface area contributed by atoms with Crippen LogP contribution in [0.15, 0.2) is 48.5 Å². The zero-order valence-corrected chi connectivity index (χ0v) is 15.1. The number of carbonyl (C=O) groups excluding carboxylic acids is 1. The zero-order valence-electron chi connectivity index (χ0n) is 14.3. The van der Waals surface area contributed by atoms with E-state index in [9.17, 15) is 23.1 Å². The Morgan fingerprint density at radius 1 is 1.26 bits per heavy atom. The van der Waals surface area contributed by atoms with Crippen molar-refractivity contribution in [2.75, 3.05) is 25.5 Å². The summed E-state index contributed by atoms with van der Waals surface area (Å²) in [4.78, 5) is 13.3. The summed E-state index contributed by atoms with van der Waals surface area (Å²) in [6, 6.07) is 10.3. The van der Waals surface area contributed by atoms with Gasteiger partial charge >= 0.3 is 12.2 Å². The SMILES string of the molecule is CN(C[C@@H](O)COc1ccc(C(F)(F)F)cc1)C(=O)Nc1cccc(Cl)c1. The molecule has 0 aromatic heterocycles.